The predicted molar refractivity (Wildman–Crippen MR) is 71.1 cm³/mol. The van der Waals surface area contributed by atoms with Gasteiger partial charge in [0, 0.05) is 35.5 Å². The van der Waals surface area contributed by atoms with Crippen LogP contribution in [0.2, 0.25) is 0 Å². The Hall–Kier alpha value is -2.62. The van der Waals surface area contributed by atoms with Crippen molar-refractivity contribution in [3.05, 3.63) is 70.8 Å². The molecule has 0 atom stereocenters. The SMILES string of the molecule is O=c1ccc2ccc(OCc3cccnc3)cc2o1. The number of hydrogen-bond acceptors (Lipinski definition) is 4. The van der Waals surface area contributed by atoms with Gasteiger partial charge >= 0.3 is 5.63 Å². The molecule has 0 fully saturated rings. The maximum Gasteiger partial charge on any atom is 0.336 e. The molecule has 0 aliphatic rings. The third-order valence-electron chi connectivity index (χ3n) is 2.72. The number of ether oxygens (including phenoxy) is 1. The summed E-state index contributed by atoms with van der Waals surface area (Å²) < 4.78 is 10.7. The van der Waals surface area contributed by atoms with E-state index in [2.05, 4.69) is 4.98 Å². The zero-order valence-corrected chi connectivity index (χ0v) is 10.1. The molecule has 19 heavy (non-hydrogen) atoms. The Balaban J connectivity index is 1.83. The van der Waals surface area contributed by atoms with E-state index in [1.54, 1.807) is 24.5 Å². The molecule has 0 radical (unpaired) electrons. The Morgan fingerprint density at radius 1 is 1.16 bits per heavy atom. The van der Waals surface area contributed by atoms with Crippen molar-refractivity contribution in [1.29, 1.82) is 0 Å². The first-order valence-electron chi connectivity index (χ1n) is 5.87. The molecule has 0 N–H and O–H groups in total. The summed E-state index contributed by atoms with van der Waals surface area (Å²) in [5.41, 5.74) is 1.14. The number of nitrogens with zero attached hydrogens (tertiary/aromatic N) is 1. The molecule has 94 valence electrons. The molecule has 0 amide bonds. The summed E-state index contributed by atoms with van der Waals surface area (Å²) in [4.78, 5) is 15.2. The summed E-state index contributed by atoms with van der Waals surface area (Å²) in [5, 5.41) is 0.869. The van der Waals surface area contributed by atoms with E-state index in [0.29, 0.717) is 17.9 Å². The summed E-state index contributed by atoms with van der Waals surface area (Å²) in [7, 11) is 0. The molecule has 0 bridgehead atoms. The van der Waals surface area contributed by atoms with Gasteiger partial charge in [-0.2, -0.15) is 0 Å². The first-order chi connectivity index (χ1) is 9.31. The van der Waals surface area contributed by atoms with Crippen LogP contribution in [0.15, 0.2) is 64.1 Å². The van der Waals surface area contributed by atoms with Crippen molar-refractivity contribution in [1.82, 2.24) is 4.98 Å². The van der Waals surface area contributed by atoms with Gasteiger partial charge in [0.05, 0.1) is 0 Å². The van der Waals surface area contributed by atoms with Gasteiger partial charge in [0.25, 0.3) is 0 Å². The van der Waals surface area contributed by atoms with Crippen molar-refractivity contribution < 1.29 is 9.15 Å². The highest BCUT2D eigenvalue weighted by Gasteiger charge is 2.01. The van der Waals surface area contributed by atoms with Crippen LogP contribution in [-0.4, -0.2) is 4.98 Å². The van der Waals surface area contributed by atoms with Crippen LogP contribution < -0.4 is 10.4 Å². The van der Waals surface area contributed by atoms with Crippen LogP contribution >= 0.6 is 0 Å². The van der Waals surface area contributed by atoms with Crippen LogP contribution in [0.1, 0.15) is 5.56 Å². The Morgan fingerprint density at radius 3 is 2.89 bits per heavy atom. The largest absolute Gasteiger partial charge is 0.489 e. The number of fused-ring (bicyclic) bond motifs is 1. The molecule has 1 aromatic carbocycles. The monoisotopic (exact) mass is 253 g/mol. The van der Waals surface area contributed by atoms with Gasteiger partial charge in [-0.05, 0) is 24.3 Å². The quantitative estimate of drug-likeness (QED) is 0.673. The molecule has 3 rings (SSSR count). The van der Waals surface area contributed by atoms with Gasteiger partial charge in [0.2, 0.25) is 0 Å². The fourth-order valence-electron chi connectivity index (χ4n) is 1.78. The Labute approximate surface area is 109 Å². The standard InChI is InChI=1S/C15H11NO3/c17-15-6-4-12-3-5-13(8-14(12)19-15)18-10-11-2-1-7-16-9-11/h1-9H,10H2. The average Bonchev–Trinajstić information content (AvgIpc) is 2.46. The number of benzene rings is 1. The second kappa shape index (κ2) is 4.94. The summed E-state index contributed by atoms with van der Waals surface area (Å²) in [6.07, 6.45) is 3.47. The van der Waals surface area contributed by atoms with Gasteiger partial charge in [0.1, 0.15) is 17.9 Å². The van der Waals surface area contributed by atoms with Crippen LogP contribution in [-0.2, 0) is 6.61 Å². The molecule has 0 saturated heterocycles. The van der Waals surface area contributed by atoms with Crippen molar-refractivity contribution in [3.8, 4) is 5.75 Å². The van der Waals surface area contributed by atoms with E-state index in [1.807, 2.05) is 24.3 Å². The zero-order chi connectivity index (χ0) is 13.1. The van der Waals surface area contributed by atoms with Crippen LogP contribution in [0.25, 0.3) is 11.0 Å². The van der Waals surface area contributed by atoms with Crippen LogP contribution in [0.5, 0.6) is 5.75 Å². The molecule has 3 aromatic rings. The molecule has 4 nitrogen and oxygen atoms in total. The Bertz CT molecular complexity index is 750. The second-order valence-electron chi connectivity index (χ2n) is 4.10. The molecular weight excluding hydrogens is 242 g/mol. The first kappa shape index (κ1) is 11.5. The van der Waals surface area contributed by atoms with Gasteiger partial charge in [-0.15, -0.1) is 0 Å². The molecule has 0 unspecified atom stereocenters. The second-order valence-corrected chi connectivity index (χ2v) is 4.10. The summed E-state index contributed by atoms with van der Waals surface area (Å²) >= 11 is 0. The minimum Gasteiger partial charge on any atom is -0.489 e. The fourth-order valence-corrected chi connectivity index (χ4v) is 1.78. The van der Waals surface area contributed by atoms with E-state index < -0.39 is 0 Å². The number of pyridine rings is 1. The average molecular weight is 253 g/mol. The van der Waals surface area contributed by atoms with Crippen LogP contribution in [0.4, 0.5) is 0 Å². The molecular formula is C15H11NO3. The summed E-state index contributed by atoms with van der Waals surface area (Å²) in [6, 6.07) is 12.3. The van der Waals surface area contributed by atoms with E-state index >= 15 is 0 Å². The van der Waals surface area contributed by atoms with Crippen LogP contribution in [0.3, 0.4) is 0 Å². The van der Waals surface area contributed by atoms with E-state index in [1.165, 1.54) is 6.07 Å². The Morgan fingerprint density at radius 2 is 2.05 bits per heavy atom. The van der Waals surface area contributed by atoms with Gasteiger partial charge in [-0.25, -0.2) is 4.79 Å². The van der Waals surface area contributed by atoms with E-state index in [-0.39, 0.29) is 5.63 Å². The summed E-state index contributed by atoms with van der Waals surface area (Å²) in [5.74, 6) is 0.658. The van der Waals surface area contributed by atoms with E-state index in [9.17, 15) is 4.79 Å². The molecule has 0 spiro atoms. The van der Waals surface area contributed by atoms with E-state index in [4.69, 9.17) is 9.15 Å². The zero-order valence-electron chi connectivity index (χ0n) is 10.1. The van der Waals surface area contributed by atoms with Gasteiger partial charge in [-0.1, -0.05) is 6.07 Å². The van der Waals surface area contributed by atoms with Gasteiger partial charge < -0.3 is 9.15 Å². The predicted octanol–water partition coefficient (Wildman–Crippen LogP) is 2.77. The van der Waals surface area contributed by atoms with Gasteiger partial charge in [-0.3, -0.25) is 4.98 Å². The molecule has 0 aliphatic carbocycles. The van der Waals surface area contributed by atoms with Crippen LogP contribution in [0, 0.1) is 0 Å². The molecule has 0 aliphatic heterocycles. The lowest BCUT2D eigenvalue weighted by atomic mass is 10.2. The lowest BCUT2D eigenvalue weighted by molar-refractivity contribution is 0.305. The summed E-state index contributed by atoms with van der Waals surface area (Å²) in [6.45, 7) is 0.427. The lowest BCUT2D eigenvalue weighted by Crippen LogP contribution is -1.97. The van der Waals surface area contributed by atoms with E-state index in [0.717, 1.165) is 10.9 Å². The fraction of sp³-hybridized carbons (Fsp3) is 0.0667. The van der Waals surface area contributed by atoms with Crippen molar-refractivity contribution >= 4 is 11.0 Å². The third-order valence-corrected chi connectivity index (χ3v) is 2.72. The molecule has 2 aromatic heterocycles. The maximum absolute atomic E-state index is 11.2. The molecule has 2 heterocycles. The number of aromatic nitrogens is 1. The normalized spacial score (nSPS) is 10.5. The van der Waals surface area contributed by atoms with Crippen molar-refractivity contribution in [2.24, 2.45) is 0 Å². The van der Waals surface area contributed by atoms with Crippen molar-refractivity contribution in [3.63, 3.8) is 0 Å². The highest BCUT2D eigenvalue weighted by Crippen LogP contribution is 2.20. The highest BCUT2D eigenvalue weighted by atomic mass is 16.5. The van der Waals surface area contributed by atoms with Crippen molar-refractivity contribution in [2.45, 2.75) is 6.61 Å². The number of hydrogen-bond donors (Lipinski definition) is 0. The highest BCUT2D eigenvalue weighted by molar-refractivity contribution is 5.77. The minimum absolute atomic E-state index is 0.364. The maximum atomic E-state index is 11.2. The first-order valence-corrected chi connectivity index (χ1v) is 5.87. The lowest BCUT2D eigenvalue weighted by Gasteiger charge is -2.06. The smallest absolute Gasteiger partial charge is 0.336 e. The van der Waals surface area contributed by atoms with Crippen molar-refractivity contribution in [2.75, 3.05) is 0 Å². The topological polar surface area (TPSA) is 52.3 Å². The third kappa shape index (κ3) is 2.63. The molecule has 0 saturated carbocycles. The minimum atomic E-state index is -0.364. The molecule has 4 heteroatoms. The van der Waals surface area contributed by atoms with Gasteiger partial charge in [0.15, 0.2) is 0 Å². The number of rotatable bonds is 3. The Kier molecular flexibility index (Phi) is 2.98.